The Hall–Kier alpha value is -0.130. The van der Waals surface area contributed by atoms with Crippen molar-refractivity contribution in [2.45, 2.75) is 32.2 Å². The molecule has 0 aromatic rings. The van der Waals surface area contributed by atoms with Gasteiger partial charge in [-0.05, 0) is 19.3 Å². The summed E-state index contributed by atoms with van der Waals surface area (Å²) in [6.45, 7) is 3.11. The number of hydrogen-bond acceptors (Lipinski definition) is 3. The quantitative estimate of drug-likeness (QED) is 0.715. The average Bonchev–Trinajstić information content (AvgIpc) is 2.08. The summed E-state index contributed by atoms with van der Waals surface area (Å²) >= 11 is 0. The summed E-state index contributed by atoms with van der Waals surface area (Å²) in [7, 11) is -2.98. The molecular formula is C8H18N2O2S. The molecule has 1 atom stereocenters. The summed E-state index contributed by atoms with van der Waals surface area (Å²) in [6.07, 6.45) is 2.59. The summed E-state index contributed by atoms with van der Waals surface area (Å²) in [5.74, 6) is 0.295. The van der Waals surface area contributed by atoms with E-state index in [9.17, 15) is 8.42 Å². The maximum atomic E-state index is 11.5. The minimum Gasteiger partial charge on any atom is -0.327 e. The first-order valence-corrected chi connectivity index (χ1v) is 6.40. The van der Waals surface area contributed by atoms with Crippen LogP contribution >= 0.6 is 0 Å². The van der Waals surface area contributed by atoms with Crippen molar-refractivity contribution in [2.75, 3.05) is 18.8 Å². The van der Waals surface area contributed by atoms with E-state index >= 15 is 0 Å². The number of hydrogen-bond donors (Lipinski definition) is 1. The van der Waals surface area contributed by atoms with E-state index in [4.69, 9.17) is 5.73 Å². The summed E-state index contributed by atoms with van der Waals surface area (Å²) < 4.78 is 24.5. The Labute approximate surface area is 80.1 Å². The highest BCUT2D eigenvalue weighted by molar-refractivity contribution is 7.89. The fourth-order valence-corrected chi connectivity index (χ4v) is 3.09. The second-order valence-corrected chi connectivity index (χ2v) is 5.64. The van der Waals surface area contributed by atoms with E-state index in [1.807, 2.05) is 6.92 Å². The van der Waals surface area contributed by atoms with Crippen LogP contribution in [0.3, 0.4) is 0 Å². The lowest BCUT2D eigenvalue weighted by Gasteiger charge is -2.28. The molecule has 0 spiro atoms. The highest BCUT2D eigenvalue weighted by atomic mass is 32.2. The van der Waals surface area contributed by atoms with Gasteiger partial charge in [0.15, 0.2) is 0 Å². The molecule has 1 aliphatic rings. The summed E-state index contributed by atoms with van der Waals surface area (Å²) in [4.78, 5) is 0. The van der Waals surface area contributed by atoms with Crippen molar-refractivity contribution in [3.63, 3.8) is 0 Å². The molecule has 1 heterocycles. The van der Waals surface area contributed by atoms with Crippen molar-refractivity contribution in [1.82, 2.24) is 4.31 Å². The van der Waals surface area contributed by atoms with Crippen LogP contribution in [-0.2, 0) is 10.0 Å². The molecule has 4 nitrogen and oxygen atoms in total. The van der Waals surface area contributed by atoms with Crippen LogP contribution in [0.4, 0.5) is 0 Å². The van der Waals surface area contributed by atoms with E-state index in [2.05, 4.69) is 0 Å². The standard InChI is InChI=1S/C8H18N2O2S/c1-2-8(9)7-10-5-3-4-6-13(10,11)12/h8H,2-7,9H2,1H3. The van der Waals surface area contributed by atoms with Crippen molar-refractivity contribution in [3.05, 3.63) is 0 Å². The van der Waals surface area contributed by atoms with Gasteiger partial charge >= 0.3 is 0 Å². The first kappa shape index (κ1) is 10.9. The topological polar surface area (TPSA) is 63.4 Å². The lowest BCUT2D eigenvalue weighted by atomic mass is 10.2. The molecule has 0 aliphatic carbocycles. The molecule has 0 aromatic carbocycles. The van der Waals surface area contributed by atoms with Gasteiger partial charge in [0.25, 0.3) is 0 Å². The molecule has 1 rings (SSSR count). The second-order valence-electron chi connectivity index (χ2n) is 3.55. The van der Waals surface area contributed by atoms with Gasteiger partial charge in [0.2, 0.25) is 10.0 Å². The van der Waals surface area contributed by atoms with Crippen LogP contribution in [0.2, 0.25) is 0 Å². The van der Waals surface area contributed by atoms with E-state index in [0.29, 0.717) is 18.8 Å². The third-order valence-electron chi connectivity index (χ3n) is 2.42. The van der Waals surface area contributed by atoms with Gasteiger partial charge in [0.05, 0.1) is 5.75 Å². The molecule has 1 fully saturated rings. The first-order chi connectivity index (χ1) is 6.06. The Morgan fingerprint density at radius 3 is 2.69 bits per heavy atom. The number of nitrogens with two attached hydrogens (primary N) is 1. The highest BCUT2D eigenvalue weighted by Crippen LogP contribution is 2.13. The van der Waals surface area contributed by atoms with Crippen LogP contribution < -0.4 is 5.73 Å². The fourth-order valence-electron chi connectivity index (χ4n) is 1.44. The van der Waals surface area contributed by atoms with Crippen LogP contribution in [0.15, 0.2) is 0 Å². The Morgan fingerprint density at radius 2 is 2.15 bits per heavy atom. The monoisotopic (exact) mass is 206 g/mol. The van der Waals surface area contributed by atoms with Crippen LogP contribution in [0.25, 0.3) is 0 Å². The van der Waals surface area contributed by atoms with Crippen LogP contribution in [0, 0.1) is 0 Å². The number of rotatable bonds is 3. The molecule has 13 heavy (non-hydrogen) atoms. The van der Waals surface area contributed by atoms with Gasteiger partial charge in [-0.15, -0.1) is 0 Å². The largest absolute Gasteiger partial charge is 0.327 e. The molecule has 1 unspecified atom stereocenters. The van der Waals surface area contributed by atoms with Crippen LogP contribution in [0.1, 0.15) is 26.2 Å². The van der Waals surface area contributed by atoms with Crippen LogP contribution in [-0.4, -0.2) is 37.6 Å². The fraction of sp³-hybridized carbons (Fsp3) is 1.00. The van der Waals surface area contributed by atoms with E-state index in [0.717, 1.165) is 19.3 Å². The Balaban J connectivity index is 2.56. The molecular weight excluding hydrogens is 188 g/mol. The van der Waals surface area contributed by atoms with Crippen molar-refractivity contribution in [2.24, 2.45) is 5.73 Å². The predicted molar refractivity (Wildman–Crippen MR) is 52.9 cm³/mol. The third-order valence-corrected chi connectivity index (χ3v) is 4.34. The highest BCUT2D eigenvalue weighted by Gasteiger charge is 2.26. The first-order valence-electron chi connectivity index (χ1n) is 4.79. The maximum absolute atomic E-state index is 11.5. The molecule has 0 radical (unpaired) electrons. The molecule has 1 saturated heterocycles. The van der Waals surface area contributed by atoms with Gasteiger partial charge < -0.3 is 5.73 Å². The zero-order chi connectivity index (χ0) is 9.90. The number of sulfonamides is 1. The second kappa shape index (κ2) is 4.39. The van der Waals surface area contributed by atoms with Crippen molar-refractivity contribution < 1.29 is 8.42 Å². The van der Waals surface area contributed by atoms with Gasteiger partial charge in [0, 0.05) is 19.1 Å². The lowest BCUT2D eigenvalue weighted by molar-refractivity contribution is 0.357. The summed E-state index contributed by atoms with van der Waals surface area (Å²) in [6, 6.07) is -0.0205. The van der Waals surface area contributed by atoms with E-state index in [1.165, 1.54) is 4.31 Å². The molecule has 0 bridgehead atoms. The minimum absolute atomic E-state index is 0.0205. The van der Waals surface area contributed by atoms with Gasteiger partial charge in [-0.1, -0.05) is 6.92 Å². The van der Waals surface area contributed by atoms with Gasteiger partial charge in [-0.25, -0.2) is 12.7 Å². The number of nitrogens with zero attached hydrogens (tertiary/aromatic N) is 1. The average molecular weight is 206 g/mol. The molecule has 0 amide bonds. The SMILES string of the molecule is CCC(N)CN1CCCCS1(=O)=O. The zero-order valence-electron chi connectivity index (χ0n) is 8.07. The smallest absolute Gasteiger partial charge is 0.214 e. The van der Waals surface area contributed by atoms with Crippen molar-refractivity contribution in [3.8, 4) is 0 Å². The Morgan fingerprint density at radius 1 is 1.46 bits per heavy atom. The van der Waals surface area contributed by atoms with E-state index in [1.54, 1.807) is 0 Å². The molecule has 0 saturated carbocycles. The summed E-state index contributed by atoms with van der Waals surface area (Å²) in [5, 5.41) is 0. The Bertz CT molecular complexity index is 251. The molecule has 78 valence electrons. The normalized spacial score (nSPS) is 25.7. The molecule has 5 heteroatoms. The molecule has 0 aromatic heterocycles. The molecule has 2 N–H and O–H groups in total. The van der Waals surface area contributed by atoms with Crippen molar-refractivity contribution >= 4 is 10.0 Å². The minimum atomic E-state index is -2.98. The zero-order valence-corrected chi connectivity index (χ0v) is 8.89. The van der Waals surface area contributed by atoms with Gasteiger partial charge in [-0.2, -0.15) is 0 Å². The Kier molecular flexibility index (Phi) is 3.70. The van der Waals surface area contributed by atoms with Crippen LogP contribution in [0.5, 0.6) is 0 Å². The summed E-state index contributed by atoms with van der Waals surface area (Å²) in [5.41, 5.74) is 5.72. The lowest BCUT2D eigenvalue weighted by Crippen LogP contribution is -2.44. The van der Waals surface area contributed by atoms with Gasteiger partial charge in [-0.3, -0.25) is 0 Å². The maximum Gasteiger partial charge on any atom is 0.214 e. The third kappa shape index (κ3) is 2.93. The van der Waals surface area contributed by atoms with E-state index < -0.39 is 10.0 Å². The van der Waals surface area contributed by atoms with Crippen molar-refractivity contribution in [1.29, 1.82) is 0 Å². The predicted octanol–water partition coefficient (Wildman–Crippen LogP) is 0.149. The molecule has 1 aliphatic heterocycles. The van der Waals surface area contributed by atoms with E-state index in [-0.39, 0.29) is 6.04 Å². The van der Waals surface area contributed by atoms with Gasteiger partial charge in [0.1, 0.15) is 0 Å².